The molecule has 0 aliphatic rings. The van der Waals surface area contributed by atoms with Gasteiger partial charge in [0.05, 0.1) is 34.4 Å². The third kappa shape index (κ3) is 38.3. The van der Waals surface area contributed by atoms with Crippen LogP contribution in [-0.4, -0.2) is 80.6 Å². The lowest BCUT2D eigenvalue weighted by Gasteiger charge is -2.31. The van der Waals surface area contributed by atoms with Gasteiger partial charge in [0.25, 0.3) is 0 Å². The Morgan fingerprint density at radius 2 is 1.00 bits per heavy atom. The van der Waals surface area contributed by atoms with Crippen molar-refractivity contribution in [1.29, 1.82) is 0 Å². The highest BCUT2D eigenvalue weighted by atomic mass is 16.6. The van der Waals surface area contributed by atoms with Crippen LogP contribution in [-0.2, 0) is 28.6 Å². The summed E-state index contributed by atoms with van der Waals surface area (Å²) in [6, 6.07) is -0.631. The predicted molar refractivity (Wildman–Crippen MR) is 243 cm³/mol. The van der Waals surface area contributed by atoms with Gasteiger partial charge in [0.15, 0.2) is 12.1 Å². The van der Waals surface area contributed by atoms with Gasteiger partial charge in [-0.05, 0) is 70.6 Å². The number of nitrogens with zero attached hydrogens (tertiary/aromatic N) is 1. The predicted octanol–water partition coefficient (Wildman–Crippen LogP) is 12.7. The van der Waals surface area contributed by atoms with Gasteiger partial charge < -0.3 is 23.8 Å². The van der Waals surface area contributed by atoms with Gasteiger partial charge in [0.1, 0.15) is 6.61 Å². The Labute approximate surface area is 355 Å². The summed E-state index contributed by atoms with van der Waals surface area (Å²) in [6.45, 7) is 4.53. The molecule has 0 amide bonds. The monoisotopic (exact) mass is 813 g/mol. The van der Waals surface area contributed by atoms with Crippen molar-refractivity contribution in [1.82, 2.24) is 0 Å². The molecule has 0 spiro atoms. The Morgan fingerprint density at radius 1 is 0.534 bits per heavy atom. The average molecular weight is 813 g/mol. The summed E-state index contributed by atoms with van der Waals surface area (Å²) in [6.07, 6.45) is 51.1. The molecule has 2 unspecified atom stereocenters. The van der Waals surface area contributed by atoms with Gasteiger partial charge in [-0.25, -0.2) is 4.79 Å². The number of ether oxygens (including phenoxy) is 3. The van der Waals surface area contributed by atoms with Gasteiger partial charge in [0.2, 0.25) is 0 Å². The number of carboxylic acids is 1. The zero-order valence-corrected chi connectivity index (χ0v) is 37.7. The molecule has 0 rings (SSSR count). The van der Waals surface area contributed by atoms with Crippen LogP contribution < -0.4 is 0 Å². The Hall–Kier alpha value is -3.23. The minimum absolute atomic E-state index is 0.0256. The number of allylic oxidation sites excluding steroid dienone is 12. The Kier molecular flexibility index (Phi) is 38.3. The number of hydrogen-bond acceptors (Lipinski definition) is 6. The molecule has 0 saturated heterocycles. The first-order valence-electron chi connectivity index (χ1n) is 23.0. The number of hydrogen-bond donors (Lipinski definition) is 1. The summed E-state index contributed by atoms with van der Waals surface area (Å²) in [5.74, 6) is -1.59. The van der Waals surface area contributed by atoms with E-state index in [1.165, 1.54) is 70.6 Å². The van der Waals surface area contributed by atoms with E-state index >= 15 is 0 Å². The first-order chi connectivity index (χ1) is 28.1. The maximum Gasteiger partial charge on any atom is 0.362 e. The molecule has 0 heterocycles. The number of unbranched alkanes of at least 4 members (excludes halogenated alkanes) is 14. The first kappa shape index (κ1) is 54.8. The van der Waals surface area contributed by atoms with Crippen molar-refractivity contribution in [3.8, 4) is 0 Å². The minimum Gasteiger partial charge on any atom is -0.477 e. The van der Waals surface area contributed by atoms with Crippen LogP contribution in [0.2, 0.25) is 0 Å². The molecule has 0 aromatic heterocycles. The van der Waals surface area contributed by atoms with Crippen LogP contribution in [0.5, 0.6) is 0 Å². The molecule has 58 heavy (non-hydrogen) atoms. The molecule has 8 heteroatoms. The van der Waals surface area contributed by atoms with Crippen LogP contribution in [0.4, 0.5) is 0 Å². The second-order valence-electron chi connectivity index (χ2n) is 16.3. The molecule has 0 bridgehead atoms. The summed E-state index contributed by atoms with van der Waals surface area (Å²) in [4.78, 5) is 37.0. The molecule has 0 aliphatic carbocycles. The maximum atomic E-state index is 12.7. The van der Waals surface area contributed by atoms with E-state index < -0.39 is 24.1 Å². The van der Waals surface area contributed by atoms with E-state index in [1.54, 1.807) is 0 Å². The summed E-state index contributed by atoms with van der Waals surface area (Å²) < 4.78 is 17.2. The van der Waals surface area contributed by atoms with E-state index in [0.29, 0.717) is 19.3 Å². The maximum absolute atomic E-state index is 12.7. The van der Waals surface area contributed by atoms with Crippen LogP contribution >= 0.6 is 0 Å². The number of carbonyl (C=O) groups excluding carboxylic acids is 2. The molecule has 8 nitrogen and oxygen atoms in total. The third-order valence-corrected chi connectivity index (χ3v) is 9.85. The third-order valence-electron chi connectivity index (χ3n) is 9.85. The van der Waals surface area contributed by atoms with Gasteiger partial charge in [-0.3, -0.25) is 9.59 Å². The van der Waals surface area contributed by atoms with E-state index in [0.717, 1.165) is 64.2 Å². The molecule has 332 valence electrons. The average Bonchev–Trinajstić information content (AvgIpc) is 3.18. The molecule has 0 aromatic rings. The number of carboxylic acid groups (broad SMARTS) is 1. The highest BCUT2D eigenvalue weighted by molar-refractivity contribution is 5.72. The molecule has 0 aliphatic heterocycles. The summed E-state index contributed by atoms with van der Waals surface area (Å²) in [5, 5.41) is 9.62. The second-order valence-corrected chi connectivity index (χ2v) is 16.3. The molecule has 0 saturated carbocycles. The fourth-order valence-electron chi connectivity index (χ4n) is 6.31. The highest BCUT2D eigenvalue weighted by Crippen LogP contribution is 2.13. The Morgan fingerprint density at radius 3 is 1.50 bits per heavy atom. The van der Waals surface area contributed by atoms with Crippen LogP contribution in [0.3, 0.4) is 0 Å². The van der Waals surface area contributed by atoms with Gasteiger partial charge >= 0.3 is 17.9 Å². The lowest BCUT2D eigenvalue weighted by Crippen LogP contribution is -2.50. The van der Waals surface area contributed by atoms with Crippen molar-refractivity contribution in [2.75, 3.05) is 41.0 Å². The molecular formula is C50H86NO7+. The van der Waals surface area contributed by atoms with Crippen molar-refractivity contribution in [3.63, 3.8) is 0 Å². The van der Waals surface area contributed by atoms with Crippen molar-refractivity contribution in [3.05, 3.63) is 72.9 Å². The van der Waals surface area contributed by atoms with Gasteiger partial charge in [-0.15, -0.1) is 0 Å². The largest absolute Gasteiger partial charge is 0.477 e. The number of aliphatic carboxylic acids is 1. The van der Waals surface area contributed by atoms with Crippen molar-refractivity contribution < 1.29 is 38.2 Å². The fraction of sp³-hybridized carbons (Fsp3) is 0.700. The zero-order chi connectivity index (χ0) is 42.8. The minimum atomic E-state index is -0.889. The number of rotatable bonds is 40. The Bertz CT molecular complexity index is 1180. The van der Waals surface area contributed by atoms with Gasteiger partial charge in [-0.1, -0.05) is 157 Å². The topological polar surface area (TPSA) is 99.1 Å². The van der Waals surface area contributed by atoms with Crippen LogP contribution in [0, 0.1) is 0 Å². The van der Waals surface area contributed by atoms with Crippen LogP contribution in [0.25, 0.3) is 0 Å². The smallest absolute Gasteiger partial charge is 0.362 e. The standard InChI is InChI=1S/C50H85NO7/c1-6-8-10-12-14-16-18-20-22-24-25-27-28-30-32-34-36-38-40-48(52)57-45-46(44-56-43-42-47(50(54)55)51(3,4)5)58-49(53)41-39-37-35-33-31-29-26-23-21-19-17-15-13-11-9-7-2/h9,11,15,17,21,23,25,27,29,31,35,37,46-47H,6-8,10,12-14,16,18-20,22,24,26,28,30,32-34,36,38-45H2,1-5H3/p+1/b11-9+,17-15+,23-21+,27-25+,31-29+,37-35+. The summed E-state index contributed by atoms with van der Waals surface area (Å²) >= 11 is 0. The quantitative estimate of drug-likeness (QED) is 0.0285. The lowest BCUT2D eigenvalue weighted by atomic mass is 10.1. The molecular weight excluding hydrogens is 727 g/mol. The normalized spacial score (nSPS) is 13.6. The van der Waals surface area contributed by atoms with E-state index in [-0.39, 0.29) is 36.7 Å². The van der Waals surface area contributed by atoms with E-state index in [1.807, 2.05) is 33.3 Å². The number of carbonyl (C=O) groups is 3. The van der Waals surface area contributed by atoms with E-state index in [9.17, 15) is 19.5 Å². The number of quaternary nitrogens is 1. The van der Waals surface area contributed by atoms with Crippen molar-refractivity contribution in [2.45, 2.75) is 187 Å². The SMILES string of the molecule is CC/C=C/C/C=C/C/C=C/C/C=C/C/C=C/CCC(=O)OC(COCCC(C(=O)O)[N+](C)(C)C)COC(=O)CCCCCCC/C=C/CCCCCCCCCCC. The fourth-order valence-corrected chi connectivity index (χ4v) is 6.31. The molecule has 0 aromatic carbocycles. The number of esters is 2. The highest BCUT2D eigenvalue weighted by Gasteiger charge is 2.31. The van der Waals surface area contributed by atoms with E-state index in [2.05, 4.69) is 74.6 Å². The van der Waals surface area contributed by atoms with Gasteiger partial charge in [-0.2, -0.15) is 0 Å². The number of likely N-dealkylation sites (N-methyl/N-ethyl adjacent to an activating group) is 1. The van der Waals surface area contributed by atoms with E-state index in [4.69, 9.17) is 14.2 Å². The molecule has 2 atom stereocenters. The van der Waals surface area contributed by atoms with Crippen LogP contribution in [0.1, 0.15) is 174 Å². The summed E-state index contributed by atoms with van der Waals surface area (Å²) in [7, 11) is 5.49. The Balaban J connectivity index is 4.44. The van der Waals surface area contributed by atoms with Crippen molar-refractivity contribution >= 4 is 17.9 Å². The first-order valence-corrected chi connectivity index (χ1v) is 23.0. The summed E-state index contributed by atoms with van der Waals surface area (Å²) in [5.41, 5.74) is 0. The lowest BCUT2D eigenvalue weighted by molar-refractivity contribution is -0.887. The zero-order valence-electron chi connectivity index (χ0n) is 37.7. The molecule has 0 radical (unpaired) electrons. The molecule has 0 fully saturated rings. The second kappa shape index (κ2) is 40.5. The molecule has 1 N–H and O–H groups in total. The van der Waals surface area contributed by atoms with Crippen molar-refractivity contribution in [2.24, 2.45) is 0 Å². The van der Waals surface area contributed by atoms with Gasteiger partial charge in [0, 0.05) is 19.3 Å². The van der Waals surface area contributed by atoms with Crippen LogP contribution in [0.15, 0.2) is 72.9 Å².